The first-order valence-electron chi connectivity index (χ1n) is 6.23. The summed E-state index contributed by atoms with van der Waals surface area (Å²) in [6, 6.07) is 18.8. The normalized spacial score (nSPS) is 12.9. The fourth-order valence-corrected chi connectivity index (χ4v) is 2.23. The topological polar surface area (TPSA) is 27.8 Å². The number of hydrogen-bond donors (Lipinski definition) is 2. The Labute approximate surface area is 107 Å². The highest BCUT2D eigenvalue weighted by molar-refractivity contribution is 5.78. The van der Waals surface area contributed by atoms with Crippen LogP contribution in [0, 0.1) is 0 Å². The molecule has 0 atom stereocenters. The summed E-state index contributed by atoms with van der Waals surface area (Å²) < 4.78 is 0. The Kier molecular flexibility index (Phi) is 3.11. The zero-order valence-electron chi connectivity index (χ0n) is 10.2. The third kappa shape index (κ3) is 2.29. The van der Waals surface area contributed by atoms with Crippen molar-refractivity contribution in [2.75, 3.05) is 0 Å². The van der Waals surface area contributed by atoms with Gasteiger partial charge in [0.15, 0.2) is 0 Å². The standard InChI is InChI=1S/C8H9N.C8H7N/c1-2-4-8-6-9-5-7(8)3-1;1-2-4-8-7(3-1)5-6-9-8/h1-4,9H,5-6H2;1-6,9H. The summed E-state index contributed by atoms with van der Waals surface area (Å²) in [6.45, 7) is 2.10. The van der Waals surface area contributed by atoms with Crippen molar-refractivity contribution in [1.82, 2.24) is 10.3 Å². The van der Waals surface area contributed by atoms with Crippen LogP contribution in [0.25, 0.3) is 10.9 Å². The second-order valence-corrected chi connectivity index (χ2v) is 4.44. The van der Waals surface area contributed by atoms with E-state index in [9.17, 15) is 0 Å². The van der Waals surface area contributed by atoms with Gasteiger partial charge < -0.3 is 10.3 Å². The van der Waals surface area contributed by atoms with Crippen molar-refractivity contribution in [3.05, 3.63) is 71.9 Å². The molecule has 0 saturated carbocycles. The van der Waals surface area contributed by atoms with E-state index in [2.05, 4.69) is 52.8 Å². The molecule has 2 heterocycles. The Morgan fingerprint density at radius 2 is 1.39 bits per heavy atom. The molecule has 0 radical (unpaired) electrons. The molecule has 18 heavy (non-hydrogen) atoms. The quantitative estimate of drug-likeness (QED) is 0.614. The largest absolute Gasteiger partial charge is 0.361 e. The summed E-state index contributed by atoms with van der Waals surface area (Å²) in [7, 11) is 0. The van der Waals surface area contributed by atoms with Gasteiger partial charge in [0.05, 0.1) is 0 Å². The average Bonchev–Trinajstić information content (AvgIpc) is 3.08. The first-order chi connectivity index (χ1) is 8.93. The summed E-state index contributed by atoms with van der Waals surface area (Å²) in [5.41, 5.74) is 4.12. The van der Waals surface area contributed by atoms with Crippen LogP contribution in [0.3, 0.4) is 0 Å². The minimum Gasteiger partial charge on any atom is -0.361 e. The van der Waals surface area contributed by atoms with Gasteiger partial charge in [0, 0.05) is 24.8 Å². The zero-order valence-corrected chi connectivity index (χ0v) is 10.2. The Balaban J connectivity index is 0.000000111. The number of H-pyrrole nitrogens is 1. The number of aromatic amines is 1. The van der Waals surface area contributed by atoms with E-state index >= 15 is 0 Å². The molecule has 0 saturated heterocycles. The lowest BCUT2D eigenvalue weighted by Crippen LogP contribution is -1.99. The van der Waals surface area contributed by atoms with Crippen molar-refractivity contribution in [1.29, 1.82) is 0 Å². The van der Waals surface area contributed by atoms with E-state index in [0.29, 0.717) is 0 Å². The minimum absolute atomic E-state index is 1.05. The fourth-order valence-electron chi connectivity index (χ4n) is 2.23. The van der Waals surface area contributed by atoms with Gasteiger partial charge in [-0.2, -0.15) is 0 Å². The maximum Gasteiger partial charge on any atom is 0.0453 e. The molecule has 1 aliphatic rings. The van der Waals surface area contributed by atoms with Crippen LogP contribution in [-0.4, -0.2) is 4.98 Å². The van der Waals surface area contributed by atoms with E-state index in [1.165, 1.54) is 22.0 Å². The lowest BCUT2D eigenvalue weighted by Gasteiger charge is -1.91. The van der Waals surface area contributed by atoms with Crippen molar-refractivity contribution < 1.29 is 0 Å². The van der Waals surface area contributed by atoms with Crippen LogP contribution in [0.15, 0.2) is 60.8 Å². The molecule has 1 aromatic heterocycles. The summed E-state index contributed by atoms with van der Waals surface area (Å²) in [6.07, 6.45) is 1.95. The van der Waals surface area contributed by atoms with Gasteiger partial charge >= 0.3 is 0 Å². The summed E-state index contributed by atoms with van der Waals surface area (Å²) in [5, 5.41) is 4.56. The van der Waals surface area contributed by atoms with Gasteiger partial charge in [-0.3, -0.25) is 0 Å². The maximum atomic E-state index is 3.29. The molecular weight excluding hydrogens is 220 g/mol. The lowest BCUT2D eigenvalue weighted by molar-refractivity contribution is 0.765. The highest BCUT2D eigenvalue weighted by Crippen LogP contribution is 2.13. The van der Waals surface area contributed by atoms with Crippen molar-refractivity contribution in [2.45, 2.75) is 13.1 Å². The van der Waals surface area contributed by atoms with Gasteiger partial charge in [0.1, 0.15) is 0 Å². The van der Waals surface area contributed by atoms with Crippen LogP contribution in [-0.2, 0) is 13.1 Å². The highest BCUT2D eigenvalue weighted by Gasteiger charge is 2.06. The first kappa shape index (κ1) is 11.1. The van der Waals surface area contributed by atoms with Gasteiger partial charge in [0.2, 0.25) is 0 Å². The molecule has 0 unspecified atom stereocenters. The van der Waals surface area contributed by atoms with Crippen LogP contribution in [0.5, 0.6) is 0 Å². The predicted molar refractivity (Wildman–Crippen MR) is 75.3 cm³/mol. The molecule has 2 heteroatoms. The SMILES string of the molecule is c1ccc2[nH]ccc2c1.c1ccc2c(c1)CNC2. The number of rotatable bonds is 0. The number of nitrogens with one attached hydrogen (secondary N) is 2. The van der Waals surface area contributed by atoms with E-state index in [-0.39, 0.29) is 0 Å². The molecule has 4 rings (SSSR count). The van der Waals surface area contributed by atoms with Gasteiger partial charge in [-0.15, -0.1) is 0 Å². The molecule has 0 spiro atoms. The molecule has 90 valence electrons. The average molecular weight is 236 g/mol. The Hall–Kier alpha value is -2.06. The first-order valence-corrected chi connectivity index (χ1v) is 6.23. The Morgan fingerprint density at radius 1 is 0.722 bits per heavy atom. The van der Waals surface area contributed by atoms with Crippen LogP contribution in [0.2, 0.25) is 0 Å². The molecule has 1 aliphatic heterocycles. The third-order valence-electron chi connectivity index (χ3n) is 3.21. The minimum atomic E-state index is 1.05. The smallest absolute Gasteiger partial charge is 0.0453 e. The summed E-state index contributed by atoms with van der Waals surface area (Å²) in [4.78, 5) is 3.12. The van der Waals surface area contributed by atoms with Gasteiger partial charge in [-0.05, 0) is 28.6 Å². The van der Waals surface area contributed by atoms with Gasteiger partial charge in [0.25, 0.3) is 0 Å². The molecule has 0 aliphatic carbocycles. The van der Waals surface area contributed by atoms with Crippen LogP contribution < -0.4 is 5.32 Å². The van der Waals surface area contributed by atoms with Crippen molar-refractivity contribution in [2.24, 2.45) is 0 Å². The third-order valence-corrected chi connectivity index (χ3v) is 3.21. The maximum absolute atomic E-state index is 3.29. The van der Waals surface area contributed by atoms with E-state index in [1.54, 1.807) is 0 Å². The summed E-state index contributed by atoms with van der Waals surface area (Å²) in [5.74, 6) is 0. The number of para-hydroxylation sites is 1. The van der Waals surface area contributed by atoms with E-state index < -0.39 is 0 Å². The summed E-state index contributed by atoms with van der Waals surface area (Å²) >= 11 is 0. The van der Waals surface area contributed by atoms with E-state index in [1.807, 2.05) is 18.3 Å². The molecule has 2 N–H and O–H groups in total. The highest BCUT2D eigenvalue weighted by atomic mass is 14.9. The predicted octanol–water partition coefficient (Wildman–Crippen LogP) is 3.46. The Bertz CT molecular complexity index is 587. The molecular formula is C16H16N2. The lowest BCUT2D eigenvalue weighted by atomic mass is 10.1. The van der Waals surface area contributed by atoms with Crippen LogP contribution >= 0.6 is 0 Å². The number of benzene rings is 2. The fraction of sp³-hybridized carbons (Fsp3) is 0.125. The monoisotopic (exact) mass is 236 g/mol. The van der Waals surface area contributed by atoms with E-state index in [4.69, 9.17) is 0 Å². The molecule has 2 aromatic carbocycles. The van der Waals surface area contributed by atoms with Crippen molar-refractivity contribution >= 4 is 10.9 Å². The van der Waals surface area contributed by atoms with Crippen LogP contribution in [0.1, 0.15) is 11.1 Å². The zero-order chi connectivity index (χ0) is 12.2. The number of fused-ring (bicyclic) bond motifs is 2. The number of hydrogen-bond acceptors (Lipinski definition) is 1. The second-order valence-electron chi connectivity index (χ2n) is 4.44. The van der Waals surface area contributed by atoms with Crippen molar-refractivity contribution in [3.8, 4) is 0 Å². The van der Waals surface area contributed by atoms with Crippen LogP contribution in [0.4, 0.5) is 0 Å². The molecule has 0 bridgehead atoms. The second kappa shape index (κ2) is 5.07. The Morgan fingerprint density at radius 3 is 2.11 bits per heavy atom. The van der Waals surface area contributed by atoms with Gasteiger partial charge in [-0.1, -0.05) is 42.5 Å². The molecule has 2 nitrogen and oxygen atoms in total. The molecule has 3 aromatic rings. The van der Waals surface area contributed by atoms with Gasteiger partial charge in [-0.25, -0.2) is 0 Å². The van der Waals surface area contributed by atoms with Crippen molar-refractivity contribution in [3.63, 3.8) is 0 Å². The molecule has 0 amide bonds. The molecule has 0 fully saturated rings. The van der Waals surface area contributed by atoms with E-state index in [0.717, 1.165) is 13.1 Å². The number of aromatic nitrogens is 1.